The molecule has 0 spiro atoms. The standard InChI is InChI=1S/C18H12Cl3N/c19-11-16-9-10-17(12-1-5-14(20)6-2-12)18(22-16)13-3-7-15(21)8-4-13/h1-10H,11H2. The summed E-state index contributed by atoms with van der Waals surface area (Å²) < 4.78 is 0. The second kappa shape index (κ2) is 6.70. The number of hydrogen-bond acceptors (Lipinski definition) is 1. The fourth-order valence-corrected chi connectivity index (χ4v) is 2.67. The molecule has 0 aliphatic rings. The Morgan fingerprint density at radius 2 is 1.23 bits per heavy atom. The average molecular weight is 349 g/mol. The molecular formula is C18H12Cl3N. The zero-order valence-corrected chi connectivity index (χ0v) is 13.8. The van der Waals surface area contributed by atoms with Crippen LogP contribution in [0.4, 0.5) is 0 Å². The smallest absolute Gasteiger partial charge is 0.0784 e. The van der Waals surface area contributed by atoms with Gasteiger partial charge in [-0.05, 0) is 35.9 Å². The number of benzene rings is 2. The largest absolute Gasteiger partial charge is 0.251 e. The average Bonchev–Trinajstić information content (AvgIpc) is 2.56. The van der Waals surface area contributed by atoms with Crippen molar-refractivity contribution in [3.05, 3.63) is 76.4 Å². The summed E-state index contributed by atoms with van der Waals surface area (Å²) in [4.78, 5) is 4.68. The molecule has 2 aromatic carbocycles. The summed E-state index contributed by atoms with van der Waals surface area (Å²) in [6.07, 6.45) is 0. The highest BCUT2D eigenvalue weighted by atomic mass is 35.5. The molecule has 4 heteroatoms. The van der Waals surface area contributed by atoms with Gasteiger partial charge in [0.1, 0.15) is 0 Å². The minimum Gasteiger partial charge on any atom is -0.251 e. The predicted molar refractivity (Wildman–Crippen MR) is 94.7 cm³/mol. The molecule has 1 heterocycles. The number of nitrogens with zero attached hydrogens (tertiary/aromatic N) is 1. The number of alkyl halides is 1. The third-order valence-corrected chi connectivity index (χ3v) is 4.14. The van der Waals surface area contributed by atoms with Crippen molar-refractivity contribution >= 4 is 34.8 Å². The molecule has 0 unspecified atom stereocenters. The minimum absolute atomic E-state index is 0.376. The lowest BCUT2D eigenvalue weighted by Crippen LogP contribution is -1.93. The van der Waals surface area contributed by atoms with Gasteiger partial charge in [-0.3, -0.25) is 4.98 Å². The van der Waals surface area contributed by atoms with Gasteiger partial charge in [0, 0.05) is 21.2 Å². The summed E-state index contributed by atoms with van der Waals surface area (Å²) in [5.41, 5.74) is 4.82. The van der Waals surface area contributed by atoms with Crippen molar-refractivity contribution in [3.63, 3.8) is 0 Å². The molecule has 0 aliphatic carbocycles. The molecular weight excluding hydrogens is 337 g/mol. The Bertz CT molecular complexity index is 780. The molecule has 0 bridgehead atoms. The fraction of sp³-hybridized carbons (Fsp3) is 0.0556. The quantitative estimate of drug-likeness (QED) is 0.495. The molecule has 0 atom stereocenters. The van der Waals surface area contributed by atoms with E-state index in [0.717, 1.165) is 28.1 Å². The molecule has 110 valence electrons. The maximum atomic E-state index is 5.98. The van der Waals surface area contributed by atoms with Crippen LogP contribution in [0.5, 0.6) is 0 Å². The van der Waals surface area contributed by atoms with Crippen LogP contribution in [0, 0.1) is 0 Å². The number of halogens is 3. The van der Waals surface area contributed by atoms with E-state index >= 15 is 0 Å². The van der Waals surface area contributed by atoms with E-state index < -0.39 is 0 Å². The summed E-state index contributed by atoms with van der Waals surface area (Å²) in [7, 11) is 0. The number of aromatic nitrogens is 1. The van der Waals surface area contributed by atoms with Gasteiger partial charge in [0.2, 0.25) is 0 Å². The van der Waals surface area contributed by atoms with Crippen LogP contribution in [0.3, 0.4) is 0 Å². The summed E-state index contributed by atoms with van der Waals surface area (Å²) in [5, 5.41) is 1.41. The number of pyridine rings is 1. The molecule has 0 N–H and O–H groups in total. The van der Waals surface area contributed by atoms with Crippen LogP contribution in [-0.4, -0.2) is 4.98 Å². The molecule has 1 nitrogen and oxygen atoms in total. The van der Waals surface area contributed by atoms with Gasteiger partial charge in [0.05, 0.1) is 17.3 Å². The van der Waals surface area contributed by atoms with Crippen molar-refractivity contribution in [2.75, 3.05) is 0 Å². The molecule has 0 saturated heterocycles. The Hall–Kier alpha value is -1.54. The lowest BCUT2D eigenvalue weighted by Gasteiger charge is -2.11. The van der Waals surface area contributed by atoms with E-state index in [2.05, 4.69) is 4.98 Å². The van der Waals surface area contributed by atoms with E-state index in [9.17, 15) is 0 Å². The summed E-state index contributed by atoms with van der Waals surface area (Å²) >= 11 is 17.9. The van der Waals surface area contributed by atoms with E-state index in [-0.39, 0.29) is 0 Å². The molecule has 0 radical (unpaired) electrons. The van der Waals surface area contributed by atoms with Crippen LogP contribution in [0.2, 0.25) is 10.0 Å². The Balaban J connectivity index is 2.17. The Labute approximate surface area is 144 Å². The lowest BCUT2D eigenvalue weighted by atomic mass is 9.99. The van der Waals surface area contributed by atoms with Crippen molar-refractivity contribution in [1.29, 1.82) is 0 Å². The van der Waals surface area contributed by atoms with Crippen LogP contribution in [-0.2, 0) is 5.88 Å². The van der Waals surface area contributed by atoms with Gasteiger partial charge in [0.15, 0.2) is 0 Å². The van der Waals surface area contributed by atoms with Gasteiger partial charge in [0.25, 0.3) is 0 Å². The molecule has 0 aliphatic heterocycles. The van der Waals surface area contributed by atoms with Crippen molar-refractivity contribution in [2.45, 2.75) is 5.88 Å². The molecule has 0 saturated carbocycles. The highest BCUT2D eigenvalue weighted by molar-refractivity contribution is 6.31. The maximum absolute atomic E-state index is 5.98. The molecule has 1 aromatic heterocycles. The van der Waals surface area contributed by atoms with Gasteiger partial charge in [-0.1, -0.05) is 53.5 Å². The Morgan fingerprint density at radius 3 is 1.77 bits per heavy atom. The molecule has 0 fully saturated rings. The van der Waals surface area contributed by atoms with Gasteiger partial charge in [-0.2, -0.15) is 0 Å². The predicted octanol–water partition coefficient (Wildman–Crippen LogP) is 6.46. The number of hydrogen-bond donors (Lipinski definition) is 0. The van der Waals surface area contributed by atoms with E-state index in [0.29, 0.717) is 15.9 Å². The second-order valence-corrected chi connectivity index (χ2v) is 5.99. The monoisotopic (exact) mass is 347 g/mol. The van der Waals surface area contributed by atoms with Gasteiger partial charge in [-0.15, -0.1) is 11.6 Å². The second-order valence-electron chi connectivity index (χ2n) is 4.85. The van der Waals surface area contributed by atoms with Crippen molar-refractivity contribution in [2.24, 2.45) is 0 Å². The van der Waals surface area contributed by atoms with Crippen LogP contribution in [0.15, 0.2) is 60.7 Å². The van der Waals surface area contributed by atoms with E-state index in [4.69, 9.17) is 34.8 Å². The third-order valence-electron chi connectivity index (χ3n) is 3.36. The minimum atomic E-state index is 0.376. The molecule has 22 heavy (non-hydrogen) atoms. The summed E-state index contributed by atoms with van der Waals surface area (Å²) in [6.45, 7) is 0. The van der Waals surface area contributed by atoms with E-state index in [1.54, 1.807) is 0 Å². The first kappa shape index (κ1) is 15.4. The van der Waals surface area contributed by atoms with Crippen LogP contribution < -0.4 is 0 Å². The first-order valence-electron chi connectivity index (χ1n) is 6.75. The molecule has 0 amide bonds. The zero-order chi connectivity index (χ0) is 15.5. The highest BCUT2D eigenvalue weighted by Crippen LogP contribution is 2.32. The lowest BCUT2D eigenvalue weighted by molar-refractivity contribution is 1.18. The van der Waals surface area contributed by atoms with Gasteiger partial charge in [-0.25, -0.2) is 0 Å². The third kappa shape index (κ3) is 3.27. The molecule has 3 aromatic rings. The topological polar surface area (TPSA) is 12.9 Å². The first-order valence-corrected chi connectivity index (χ1v) is 8.04. The Kier molecular flexibility index (Phi) is 4.68. The molecule has 3 rings (SSSR count). The van der Waals surface area contributed by atoms with Crippen molar-refractivity contribution < 1.29 is 0 Å². The first-order chi connectivity index (χ1) is 10.7. The SMILES string of the molecule is ClCc1ccc(-c2ccc(Cl)cc2)c(-c2ccc(Cl)cc2)n1. The van der Waals surface area contributed by atoms with Crippen LogP contribution >= 0.6 is 34.8 Å². The summed E-state index contributed by atoms with van der Waals surface area (Å²) in [5.74, 6) is 0.376. The highest BCUT2D eigenvalue weighted by Gasteiger charge is 2.10. The summed E-state index contributed by atoms with van der Waals surface area (Å²) in [6, 6.07) is 19.3. The van der Waals surface area contributed by atoms with Gasteiger partial charge >= 0.3 is 0 Å². The normalized spacial score (nSPS) is 10.7. The van der Waals surface area contributed by atoms with E-state index in [1.807, 2.05) is 60.7 Å². The number of rotatable bonds is 3. The van der Waals surface area contributed by atoms with Crippen molar-refractivity contribution in [1.82, 2.24) is 4.98 Å². The van der Waals surface area contributed by atoms with Gasteiger partial charge < -0.3 is 0 Å². The Morgan fingerprint density at radius 1 is 0.682 bits per heavy atom. The zero-order valence-electron chi connectivity index (χ0n) is 11.6. The van der Waals surface area contributed by atoms with Crippen LogP contribution in [0.25, 0.3) is 22.4 Å². The van der Waals surface area contributed by atoms with Crippen LogP contribution in [0.1, 0.15) is 5.69 Å². The fourth-order valence-electron chi connectivity index (χ4n) is 2.26. The van der Waals surface area contributed by atoms with E-state index in [1.165, 1.54) is 0 Å². The van der Waals surface area contributed by atoms with Crippen molar-refractivity contribution in [3.8, 4) is 22.4 Å². The maximum Gasteiger partial charge on any atom is 0.0784 e.